The number of nitrogens with zero attached hydrogens (tertiary/aromatic N) is 2. The molecule has 0 bridgehead atoms. The molecule has 3 rings (SSSR count). The van der Waals surface area contributed by atoms with Crippen molar-refractivity contribution in [2.24, 2.45) is 11.8 Å². The summed E-state index contributed by atoms with van der Waals surface area (Å²) < 4.78 is 44.2. The molecule has 7 nitrogen and oxygen atoms in total. The number of aromatic nitrogens is 1. The Morgan fingerprint density at radius 1 is 1.13 bits per heavy atom. The zero-order chi connectivity index (χ0) is 23.1. The van der Waals surface area contributed by atoms with Gasteiger partial charge in [0.15, 0.2) is 6.61 Å². The van der Waals surface area contributed by atoms with Gasteiger partial charge >= 0.3 is 12.1 Å². The van der Waals surface area contributed by atoms with Gasteiger partial charge in [0.2, 0.25) is 17.6 Å². The number of allylic oxidation sites excluding steroid dienone is 2. The molecule has 0 N–H and O–H groups in total. The van der Waals surface area contributed by atoms with Gasteiger partial charge in [0.25, 0.3) is 0 Å². The number of halogens is 3. The molecule has 1 fully saturated rings. The largest absolute Gasteiger partial charge is 0.456 e. The lowest BCUT2D eigenvalue weighted by molar-refractivity contribution is -0.157. The molecule has 0 unspecified atom stereocenters. The highest BCUT2D eigenvalue weighted by atomic mass is 19.4. The number of carbonyl (C=O) groups is 4. The van der Waals surface area contributed by atoms with E-state index in [1.54, 1.807) is 0 Å². The molecule has 1 saturated heterocycles. The van der Waals surface area contributed by atoms with Crippen LogP contribution in [0.4, 0.5) is 13.2 Å². The fourth-order valence-electron chi connectivity index (χ4n) is 4.15. The number of fused-ring (bicyclic) bond motifs is 1. The first-order chi connectivity index (χ1) is 14.4. The molecule has 0 spiro atoms. The van der Waals surface area contributed by atoms with E-state index in [0.29, 0.717) is 12.8 Å². The van der Waals surface area contributed by atoms with Crippen LogP contribution in [0.3, 0.4) is 0 Å². The van der Waals surface area contributed by atoms with Gasteiger partial charge in [-0.15, -0.1) is 0 Å². The Hall–Kier alpha value is -2.91. The number of aryl methyl sites for hydroxylation is 1. The van der Waals surface area contributed by atoms with Crippen LogP contribution in [-0.4, -0.2) is 51.9 Å². The van der Waals surface area contributed by atoms with Crippen molar-refractivity contribution in [1.29, 1.82) is 0 Å². The summed E-state index contributed by atoms with van der Waals surface area (Å²) >= 11 is 0. The molecular formula is C21H23F3N2O5. The van der Waals surface area contributed by atoms with E-state index in [1.807, 2.05) is 12.2 Å². The van der Waals surface area contributed by atoms with Crippen molar-refractivity contribution in [2.75, 3.05) is 6.61 Å². The second kappa shape index (κ2) is 8.32. The van der Waals surface area contributed by atoms with Gasteiger partial charge in [-0.05, 0) is 39.7 Å². The summed E-state index contributed by atoms with van der Waals surface area (Å²) in [5.74, 6) is -3.46. The van der Waals surface area contributed by atoms with Gasteiger partial charge in [0.05, 0.1) is 11.8 Å². The predicted molar refractivity (Wildman–Crippen MR) is 102 cm³/mol. The van der Waals surface area contributed by atoms with Crippen molar-refractivity contribution in [2.45, 2.75) is 52.4 Å². The maximum atomic E-state index is 12.7. The van der Waals surface area contributed by atoms with E-state index in [2.05, 4.69) is 0 Å². The van der Waals surface area contributed by atoms with E-state index >= 15 is 0 Å². The van der Waals surface area contributed by atoms with Gasteiger partial charge in [-0.2, -0.15) is 13.2 Å². The van der Waals surface area contributed by atoms with Crippen molar-refractivity contribution in [3.63, 3.8) is 0 Å². The van der Waals surface area contributed by atoms with Gasteiger partial charge in [-0.1, -0.05) is 12.2 Å². The standard InChI is InChI=1S/C21H23F3N2O5/c1-11-8-16(12(2)25(11)10-21(22,23)24)17(27)9-31-20(30)13(3)26-18(28)14-6-4-5-7-15(14)19(26)29/h4-5,8,13-15H,6-7,9-10H2,1-3H3/t13-,14-,15-/m0/s1. The summed E-state index contributed by atoms with van der Waals surface area (Å²) in [5, 5.41) is 0. The van der Waals surface area contributed by atoms with E-state index in [-0.39, 0.29) is 17.0 Å². The minimum absolute atomic E-state index is 0.0209. The van der Waals surface area contributed by atoms with Crippen LogP contribution in [0, 0.1) is 25.7 Å². The zero-order valence-electron chi connectivity index (χ0n) is 17.4. The number of amides is 2. The minimum Gasteiger partial charge on any atom is -0.456 e. The lowest BCUT2D eigenvalue weighted by atomic mass is 9.85. The zero-order valence-corrected chi connectivity index (χ0v) is 17.4. The lowest BCUT2D eigenvalue weighted by Crippen LogP contribution is -2.44. The number of carbonyl (C=O) groups excluding carboxylic acids is 4. The Balaban J connectivity index is 1.64. The van der Waals surface area contributed by atoms with Crippen LogP contribution in [0.15, 0.2) is 18.2 Å². The van der Waals surface area contributed by atoms with Crippen molar-refractivity contribution in [3.05, 3.63) is 35.2 Å². The number of imide groups is 1. The predicted octanol–water partition coefficient (Wildman–Crippen LogP) is 2.73. The summed E-state index contributed by atoms with van der Waals surface area (Å²) in [5.41, 5.74) is 0.389. The van der Waals surface area contributed by atoms with Gasteiger partial charge in [-0.3, -0.25) is 19.3 Å². The molecule has 1 aromatic heterocycles. The molecule has 10 heteroatoms. The van der Waals surface area contributed by atoms with E-state index < -0.39 is 60.8 Å². The Bertz CT molecular complexity index is 937. The van der Waals surface area contributed by atoms with Gasteiger partial charge in [0, 0.05) is 17.0 Å². The quantitative estimate of drug-likeness (QED) is 0.294. The fraction of sp³-hybridized carbons (Fsp3) is 0.524. The maximum Gasteiger partial charge on any atom is 0.406 e. The van der Waals surface area contributed by atoms with Crippen LogP contribution in [0.2, 0.25) is 0 Å². The topological polar surface area (TPSA) is 85.7 Å². The van der Waals surface area contributed by atoms with Crippen LogP contribution >= 0.6 is 0 Å². The van der Waals surface area contributed by atoms with Gasteiger partial charge < -0.3 is 9.30 Å². The number of alkyl halides is 3. The Morgan fingerprint density at radius 2 is 1.68 bits per heavy atom. The van der Waals surface area contributed by atoms with Crippen LogP contribution in [0.1, 0.15) is 41.5 Å². The van der Waals surface area contributed by atoms with Crippen LogP contribution < -0.4 is 0 Å². The third kappa shape index (κ3) is 4.42. The number of hydrogen-bond donors (Lipinski definition) is 0. The highest BCUT2D eigenvalue weighted by Crippen LogP contribution is 2.36. The highest BCUT2D eigenvalue weighted by molar-refractivity contribution is 6.08. The summed E-state index contributed by atoms with van der Waals surface area (Å²) in [6.07, 6.45) is 0.0663. The van der Waals surface area contributed by atoms with Crippen molar-refractivity contribution < 1.29 is 37.1 Å². The van der Waals surface area contributed by atoms with Crippen LogP contribution in [0.25, 0.3) is 0 Å². The number of ether oxygens (including phenoxy) is 1. The molecule has 1 aromatic rings. The average Bonchev–Trinajstić information content (AvgIpc) is 3.12. The number of esters is 1. The van der Waals surface area contributed by atoms with E-state index in [1.165, 1.54) is 26.8 Å². The summed E-state index contributed by atoms with van der Waals surface area (Å²) in [4.78, 5) is 50.9. The summed E-state index contributed by atoms with van der Waals surface area (Å²) in [7, 11) is 0. The second-order valence-electron chi connectivity index (χ2n) is 7.90. The van der Waals surface area contributed by atoms with Gasteiger partial charge in [0.1, 0.15) is 12.6 Å². The number of ketones is 1. The summed E-state index contributed by atoms with van der Waals surface area (Å²) in [6.45, 7) is 2.24. The first kappa shape index (κ1) is 22.8. The Labute approximate surface area is 176 Å². The van der Waals surface area contributed by atoms with Crippen LogP contribution in [-0.2, 0) is 25.7 Å². The number of rotatable bonds is 6. The third-order valence-electron chi connectivity index (χ3n) is 5.83. The van der Waals surface area contributed by atoms with Crippen molar-refractivity contribution >= 4 is 23.6 Å². The monoisotopic (exact) mass is 440 g/mol. The molecule has 1 aliphatic carbocycles. The molecule has 0 radical (unpaired) electrons. The highest BCUT2D eigenvalue weighted by Gasteiger charge is 2.50. The average molecular weight is 440 g/mol. The lowest BCUT2D eigenvalue weighted by Gasteiger charge is -2.21. The van der Waals surface area contributed by atoms with Crippen LogP contribution in [0.5, 0.6) is 0 Å². The van der Waals surface area contributed by atoms with E-state index in [4.69, 9.17) is 4.74 Å². The number of Topliss-reactive ketones (excluding diaryl/α,β-unsaturated/α-hetero) is 1. The molecule has 1 aliphatic heterocycles. The smallest absolute Gasteiger partial charge is 0.406 e. The molecule has 2 aliphatic rings. The molecular weight excluding hydrogens is 417 g/mol. The molecule has 31 heavy (non-hydrogen) atoms. The molecule has 2 heterocycles. The fourth-order valence-corrected chi connectivity index (χ4v) is 4.15. The second-order valence-corrected chi connectivity index (χ2v) is 7.90. The SMILES string of the molecule is Cc1cc(C(=O)COC(=O)[C@H](C)N2C(=O)[C@H]3CC=CC[C@@H]3C2=O)c(C)n1CC(F)(F)F. The Morgan fingerprint density at radius 3 is 2.19 bits per heavy atom. The molecule has 168 valence electrons. The first-order valence-corrected chi connectivity index (χ1v) is 9.87. The van der Waals surface area contributed by atoms with Crippen molar-refractivity contribution in [3.8, 4) is 0 Å². The van der Waals surface area contributed by atoms with E-state index in [0.717, 1.165) is 9.47 Å². The normalized spacial score (nSPS) is 21.9. The number of hydrogen-bond acceptors (Lipinski definition) is 5. The third-order valence-corrected chi connectivity index (χ3v) is 5.83. The first-order valence-electron chi connectivity index (χ1n) is 9.87. The summed E-state index contributed by atoms with van der Waals surface area (Å²) in [6, 6.07) is 0.113. The molecule has 3 atom stereocenters. The minimum atomic E-state index is -4.45. The maximum absolute atomic E-state index is 12.7. The van der Waals surface area contributed by atoms with Crippen molar-refractivity contribution in [1.82, 2.24) is 9.47 Å². The Kier molecular flexibility index (Phi) is 6.11. The number of likely N-dealkylation sites (tertiary alicyclic amines) is 1. The molecule has 0 aromatic carbocycles. The van der Waals surface area contributed by atoms with Gasteiger partial charge in [-0.25, -0.2) is 4.79 Å². The molecule has 0 saturated carbocycles. The van der Waals surface area contributed by atoms with E-state index in [9.17, 15) is 32.3 Å². The molecule has 2 amide bonds.